The standard InChI is InChI=1S/C65H112O6/c1-4-7-10-13-16-19-22-24-26-28-30-32-34-35-37-39-41-43-46-49-52-55-58-64(67)70-61-62(60-69-63(66)57-54-51-48-45-21-18-15-12-9-6-3)71-65(68)59-56-53-50-47-44-42-40-38-36-33-31-29-27-25-23-20-17-14-11-8-5-2/h8,11-12,15,17,20,25,27,31,33,38,40,44,47,62H,4-7,9-10,13-14,16,18-19,21-24,26,28-30,32,34-37,39,41-43,45-46,48-61H2,1-3H3/b11-8-,15-12-,20-17-,27-25-,33-31-,40-38-,47-44-. The van der Waals surface area contributed by atoms with Crippen LogP contribution in [0.4, 0.5) is 0 Å². The fraction of sp³-hybridized carbons (Fsp3) is 0.738. The maximum atomic E-state index is 12.8. The fourth-order valence-electron chi connectivity index (χ4n) is 8.39. The summed E-state index contributed by atoms with van der Waals surface area (Å²) >= 11 is 0. The topological polar surface area (TPSA) is 78.9 Å². The Balaban J connectivity index is 4.34. The van der Waals surface area contributed by atoms with E-state index in [1.54, 1.807) is 0 Å². The molecule has 1 unspecified atom stereocenters. The van der Waals surface area contributed by atoms with Crippen molar-refractivity contribution in [1.82, 2.24) is 0 Å². The van der Waals surface area contributed by atoms with Gasteiger partial charge < -0.3 is 14.2 Å². The van der Waals surface area contributed by atoms with Crippen LogP contribution in [0.2, 0.25) is 0 Å². The monoisotopic (exact) mass is 989 g/mol. The molecule has 0 aromatic rings. The van der Waals surface area contributed by atoms with Gasteiger partial charge in [0.05, 0.1) is 0 Å². The van der Waals surface area contributed by atoms with Crippen LogP contribution in [0.3, 0.4) is 0 Å². The molecule has 0 bridgehead atoms. The van der Waals surface area contributed by atoms with Crippen molar-refractivity contribution in [2.24, 2.45) is 0 Å². The molecule has 0 heterocycles. The van der Waals surface area contributed by atoms with E-state index in [1.165, 1.54) is 135 Å². The first-order chi connectivity index (χ1) is 35.0. The van der Waals surface area contributed by atoms with Crippen LogP contribution < -0.4 is 0 Å². The second kappa shape index (κ2) is 59.2. The highest BCUT2D eigenvalue weighted by Crippen LogP contribution is 2.16. The van der Waals surface area contributed by atoms with Gasteiger partial charge >= 0.3 is 17.9 Å². The summed E-state index contributed by atoms with van der Waals surface area (Å²) < 4.78 is 16.8. The van der Waals surface area contributed by atoms with Crippen LogP contribution in [0.5, 0.6) is 0 Å². The van der Waals surface area contributed by atoms with E-state index < -0.39 is 6.10 Å². The van der Waals surface area contributed by atoms with Crippen molar-refractivity contribution in [3.8, 4) is 0 Å². The maximum Gasteiger partial charge on any atom is 0.306 e. The van der Waals surface area contributed by atoms with Crippen LogP contribution in [0, 0.1) is 0 Å². The van der Waals surface area contributed by atoms with Crippen LogP contribution in [-0.4, -0.2) is 37.2 Å². The Morgan fingerprint density at radius 1 is 0.296 bits per heavy atom. The third-order valence-electron chi connectivity index (χ3n) is 12.9. The van der Waals surface area contributed by atoms with Gasteiger partial charge in [-0.25, -0.2) is 0 Å². The van der Waals surface area contributed by atoms with Crippen LogP contribution in [0.25, 0.3) is 0 Å². The molecule has 0 rings (SSSR count). The van der Waals surface area contributed by atoms with Crippen LogP contribution in [-0.2, 0) is 28.6 Å². The minimum absolute atomic E-state index is 0.0948. The van der Waals surface area contributed by atoms with Crippen molar-refractivity contribution < 1.29 is 28.6 Å². The van der Waals surface area contributed by atoms with Crippen molar-refractivity contribution in [2.45, 2.75) is 297 Å². The Kier molecular flexibility index (Phi) is 56.3. The molecular weight excluding hydrogens is 877 g/mol. The molecule has 0 saturated carbocycles. The quantitative estimate of drug-likeness (QED) is 0.0261. The van der Waals surface area contributed by atoms with Crippen LogP contribution in [0.1, 0.15) is 290 Å². The van der Waals surface area contributed by atoms with Gasteiger partial charge in [-0.3, -0.25) is 14.4 Å². The maximum absolute atomic E-state index is 12.8. The molecule has 0 spiro atoms. The molecule has 71 heavy (non-hydrogen) atoms. The minimum Gasteiger partial charge on any atom is -0.462 e. The predicted octanol–water partition coefficient (Wildman–Crippen LogP) is 20.3. The summed E-state index contributed by atoms with van der Waals surface area (Å²) in [4.78, 5) is 38.1. The molecule has 6 nitrogen and oxygen atoms in total. The van der Waals surface area contributed by atoms with Gasteiger partial charge in [-0.05, 0) is 89.9 Å². The first kappa shape index (κ1) is 67.6. The van der Waals surface area contributed by atoms with Crippen LogP contribution >= 0.6 is 0 Å². The van der Waals surface area contributed by atoms with E-state index in [1.807, 2.05) is 0 Å². The second-order valence-electron chi connectivity index (χ2n) is 19.9. The lowest BCUT2D eigenvalue weighted by Crippen LogP contribution is -2.30. The molecule has 0 aromatic carbocycles. The third-order valence-corrected chi connectivity index (χ3v) is 12.9. The molecule has 0 aliphatic carbocycles. The summed E-state index contributed by atoms with van der Waals surface area (Å²) in [6, 6.07) is 0. The number of hydrogen-bond acceptors (Lipinski definition) is 6. The highest BCUT2D eigenvalue weighted by molar-refractivity contribution is 5.71. The number of esters is 3. The largest absolute Gasteiger partial charge is 0.462 e. The highest BCUT2D eigenvalue weighted by Gasteiger charge is 2.19. The number of allylic oxidation sites excluding steroid dienone is 14. The molecule has 0 amide bonds. The van der Waals surface area contributed by atoms with Crippen molar-refractivity contribution in [1.29, 1.82) is 0 Å². The van der Waals surface area contributed by atoms with E-state index >= 15 is 0 Å². The molecule has 0 aliphatic rings. The smallest absolute Gasteiger partial charge is 0.306 e. The zero-order valence-electron chi connectivity index (χ0n) is 46.7. The van der Waals surface area contributed by atoms with Crippen molar-refractivity contribution in [3.63, 3.8) is 0 Å². The third kappa shape index (κ3) is 57.4. The Labute approximate surface area is 439 Å². The summed E-state index contributed by atoms with van der Waals surface area (Å²) in [5, 5.41) is 0. The molecular formula is C65H112O6. The average Bonchev–Trinajstić information content (AvgIpc) is 3.37. The zero-order valence-corrected chi connectivity index (χ0v) is 46.7. The van der Waals surface area contributed by atoms with Gasteiger partial charge in [0, 0.05) is 19.3 Å². The van der Waals surface area contributed by atoms with E-state index in [0.717, 1.165) is 109 Å². The molecule has 408 valence electrons. The van der Waals surface area contributed by atoms with Crippen molar-refractivity contribution >= 4 is 17.9 Å². The Bertz CT molecular complexity index is 1370. The van der Waals surface area contributed by atoms with E-state index in [9.17, 15) is 14.4 Å². The highest BCUT2D eigenvalue weighted by atomic mass is 16.6. The first-order valence-corrected chi connectivity index (χ1v) is 30.1. The zero-order chi connectivity index (χ0) is 51.4. The average molecular weight is 990 g/mol. The van der Waals surface area contributed by atoms with E-state index in [4.69, 9.17) is 14.2 Å². The number of carbonyl (C=O) groups excluding carboxylic acids is 3. The summed E-state index contributed by atoms with van der Waals surface area (Å²) in [6.45, 7) is 6.45. The van der Waals surface area contributed by atoms with Gasteiger partial charge in [-0.15, -0.1) is 0 Å². The van der Waals surface area contributed by atoms with Crippen molar-refractivity contribution in [2.75, 3.05) is 13.2 Å². The Morgan fingerprint density at radius 3 is 0.958 bits per heavy atom. The lowest BCUT2D eigenvalue weighted by atomic mass is 10.0. The van der Waals surface area contributed by atoms with Gasteiger partial charge in [0.2, 0.25) is 0 Å². The van der Waals surface area contributed by atoms with Gasteiger partial charge in [0.15, 0.2) is 6.10 Å². The first-order valence-electron chi connectivity index (χ1n) is 30.1. The summed E-state index contributed by atoms with van der Waals surface area (Å²) in [7, 11) is 0. The lowest BCUT2D eigenvalue weighted by Gasteiger charge is -2.18. The number of carbonyl (C=O) groups is 3. The molecule has 1 atom stereocenters. The van der Waals surface area contributed by atoms with E-state index in [-0.39, 0.29) is 37.5 Å². The Hall–Kier alpha value is -3.41. The molecule has 0 aliphatic heterocycles. The number of unbranched alkanes of at least 4 members (excludes halogenated alkanes) is 29. The SMILES string of the molecule is CC/C=C\C/C=C\C/C=C\C/C=C\C/C=C\C/C=C\CCCCC(=O)OC(COC(=O)CCCCCCC/C=C\CCC)COC(=O)CCCCCCCCCCCCCCCCCCCCCCCC. The van der Waals surface area contributed by atoms with Gasteiger partial charge in [0.25, 0.3) is 0 Å². The lowest BCUT2D eigenvalue weighted by molar-refractivity contribution is -0.167. The summed E-state index contributed by atoms with van der Waals surface area (Å²) in [6.07, 6.45) is 77.4. The fourth-order valence-corrected chi connectivity index (χ4v) is 8.39. The number of rotatable bonds is 54. The predicted molar refractivity (Wildman–Crippen MR) is 307 cm³/mol. The number of hydrogen-bond donors (Lipinski definition) is 0. The summed E-state index contributed by atoms with van der Waals surface area (Å²) in [5.74, 6) is -0.942. The van der Waals surface area contributed by atoms with Crippen molar-refractivity contribution in [3.05, 3.63) is 85.1 Å². The minimum atomic E-state index is -0.802. The molecule has 0 N–H and O–H groups in total. The Morgan fingerprint density at radius 2 is 0.577 bits per heavy atom. The normalized spacial score (nSPS) is 12.7. The molecule has 6 heteroatoms. The van der Waals surface area contributed by atoms with Gasteiger partial charge in [-0.1, -0.05) is 266 Å². The van der Waals surface area contributed by atoms with Gasteiger partial charge in [-0.2, -0.15) is 0 Å². The van der Waals surface area contributed by atoms with E-state index in [2.05, 4.69) is 106 Å². The molecule has 0 aromatic heterocycles. The molecule has 0 radical (unpaired) electrons. The van der Waals surface area contributed by atoms with Gasteiger partial charge in [0.1, 0.15) is 13.2 Å². The second-order valence-corrected chi connectivity index (χ2v) is 19.9. The van der Waals surface area contributed by atoms with E-state index in [0.29, 0.717) is 19.3 Å². The number of ether oxygens (including phenoxy) is 3. The molecule has 0 saturated heterocycles. The summed E-state index contributed by atoms with van der Waals surface area (Å²) in [5.41, 5.74) is 0. The van der Waals surface area contributed by atoms with Crippen LogP contribution in [0.15, 0.2) is 85.1 Å². The molecule has 0 fully saturated rings.